The molecule has 0 aromatic heterocycles. The fourth-order valence-corrected chi connectivity index (χ4v) is 1.83. The van der Waals surface area contributed by atoms with E-state index in [1.54, 1.807) is 13.0 Å². The summed E-state index contributed by atoms with van der Waals surface area (Å²) in [7, 11) is 0. The van der Waals surface area contributed by atoms with Gasteiger partial charge in [-0.05, 0) is 17.2 Å². The Bertz CT molecular complexity index is 564. The van der Waals surface area contributed by atoms with Gasteiger partial charge < -0.3 is 5.73 Å². The van der Waals surface area contributed by atoms with Gasteiger partial charge in [-0.2, -0.15) is 0 Å². The summed E-state index contributed by atoms with van der Waals surface area (Å²) in [6, 6.07) is 14.4. The highest BCUT2D eigenvalue weighted by Gasteiger charge is 2.12. The first kappa shape index (κ1) is 12.3. The molecular weight excluding hydrogens is 227 g/mol. The van der Waals surface area contributed by atoms with Gasteiger partial charge in [-0.25, -0.2) is 4.39 Å². The zero-order valence-electron chi connectivity index (χ0n) is 10.2. The molecule has 0 aliphatic heterocycles. The predicted molar refractivity (Wildman–Crippen MR) is 72.2 cm³/mol. The molecule has 92 valence electrons. The van der Waals surface area contributed by atoms with E-state index in [4.69, 9.17) is 11.1 Å². The molecule has 2 aromatic rings. The van der Waals surface area contributed by atoms with E-state index in [-0.39, 0.29) is 17.6 Å². The van der Waals surface area contributed by atoms with E-state index in [9.17, 15) is 4.39 Å². The fourth-order valence-electron chi connectivity index (χ4n) is 1.83. The monoisotopic (exact) mass is 242 g/mol. The summed E-state index contributed by atoms with van der Waals surface area (Å²) in [5, 5.41) is 7.38. The smallest absolute Gasteiger partial charge is 0.131 e. The third-order valence-corrected chi connectivity index (χ3v) is 3.04. The predicted octanol–water partition coefficient (Wildman–Crippen LogP) is 3.53. The summed E-state index contributed by atoms with van der Waals surface area (Å²) in [6.45, 7) is 1.79. The minimum absolute atomic E-state index is 0.0434. The molecule has 0 heterocycles. The summed E-state index contributed by atoms with van der Waals surface area (Å²) in [5.74, 6) is -0.502. The maximum atomic E-state index is 14.0. The van der Waals surface area contributed by atoms with Crippen LogP contribution in [0, 0.1) is 11.2 Å². The van der Waals surface area contributed by atoms with Crippen molar-refractivity contribution in [2.24, 2.45) is 5.73 Å². The Kier molecular flexibility index (Phi) is 3.42. The number of benzene rings is 2. The number of rotatable bonds is 3. The molecule has 1 atom stereocenters. The van der Waals surface area contributed by atoms with Gasteiger partial charge in [0.1, 0.15) is 5.82 Å². The van der Waals surface area contributed by atoms with Crippen molar-refractivity contribution in [2.45, 2.75) is 12.8 Å². The van der Waals surface area contributed by atoms with Crippen LogP contribution >= 0.6 is 0 Å². The molecule has 0 bridgehead atoms. The second kappa shape index (κ2) is 5.00. The molecule has 0 aliphatic carbocycles. The van der Waals surface area contributed by atoms with Crippen molar-refractivity contribution < 1.29 is 4.39 Å². The molecule has 0 radical (unpaired) electrons. The van der Waals surface area contributed by atoms with E-state index in [1.807, 2.05) is 36.4 Å². The highest BCUT2D eigenvalue weighted by Crippen LogP contribution is 2.26. The topological polar surface area (TPSA) is 49.9 Å². The van der Waals surface area contributed by atoms with Crippen molar-refractivity contribution in [3.63, 3.8) is 0 Å². The first-order valence-corrected chi connectivity index (χ1v) is 5.78. The Hall–Kier alpha value is -2.16. The zero-order valence-corrected chi connectivity index (χ0v) is 10.2. The Morgan fingerprint density at radius 2 is 1.83 bits per heavy atom. The van der Waals surface area contributed by atoms with E-state index in [2.05, 4.69) is 0 Å². The van der Waals surface area contributed by atoms with Crippen LogP contribution in [0.4, 0.5) is 4.39 Å². The van der Waals surface area contributed by atoms with E-state index in [0.29, 0.717) is 5.56 Å². The van der Waals surface area contributed by atoms with Crippen molar-refractivity contribution in [1.29, 1.82) is 5.41 Å². The minimum Gasteiger partial charge on any atom is -0.387 e. The van der Waals surface area contributed by atoms with Crippen molar-refractivity contribution in [3.8, 4) is 11.1 Å². The van der Waals surface area contributed by atoms with E-state index in [0.717, 1.165) is 11.1 Å². The maximum absolute atomic E-state index is 14.0. The normalized spacial score (nSPS) is 12.1. The third-order valence-electron chi connectivity index (χ3n) is 3.04. The van der Waals surface area contributed by atoms with E-state index in [1.165, 1.54) is 6.07 Å². The largest absolute Gasteiger partial charge is 0.387 e. The molecule has 18 heavy (non-hydrogen) atoms. The molecule has 3 N–H and O–H groups in total. The van der Waals surface area contributed by atoms with Gasteiger partial charge in [-0.1, -0.05) is 49.4 Å². The summed E-state index contributed by atoms with van der Waals surface area (Å²) in [4.78, 5) is 0. The van der Waals surface area contributed by atoms with Crippen LogP contribution in [-0.2, 0) is 0 Å². The number of hydrogen-bond acceptors (Lipinski definition) is 1. The molecule has 2 nitrogen and oxygen atoms in total. The van der Waals surface area contributed by atoms with Crippen LogP contribution in [0.25, 0.3) is 11.1 Å². The molecule has 0 saturated carbocycles. The average Bonchev–Trinajstić information content (AvgIpc) is 2.38. The lowest BCUT2D eigenvalue weighted by molar-refractivity contribution is 0.628. The Labute approximate surface area is 106 Å². The van der Waals surface area contributed by atoms with E-state index >= 15 is 0 Å². The number of amidine groups is 1. The van der Waals surface area contributed by atoms with Gasteiger partial charge >= 0.3 is 0 Å². The molecule has 0 fully saturated rings. The standard InChI is InChI=1S/C15H15FN2/c1-10(15(17)18)12-7-8-13(14(16)9-12)11-5-3-2-4-6-11/h2-10H,1H3,(H3,17,18)/t10-/m0/s1. The van der Waals surface area contributed by atoms with Gasteiger partial charge in [-0.15, -0.1) is 0 Å². The van der Waals surface area contributed by atoms with Crippen molar-refractivity contribution in [1.82, 2.24) is 0 Å². The lowest BCUT2D eigenvalue weighted by Gasteiger charge is -2.11. The average molecular weight is 242 g/mol. The summed E-state index contributed by atoms with van der Waals surface area (Å²) >= 11 is 0. The number of nitrogens with one attached hydrogen (secondary N) is 1. The molecule has 2 rings (SSSR count). The summed E-state index contributed by atoms with van der Waals surface area (Å²) in [5.41, 5.74) is 7.56. The van der Waals surface area contributed by atoms with Gasteiger partial charge in [0.25, 0.3) is 0 Å². The molecule has 3 heteroatoms. The highest BCUT2D eigenvalue weighted by molar-refractivity contribution is 5.84. The molecule has 0 spiro atoms. The SMILES string of the molecule is C[C@H](C(=N)N)c1ccc(-c2ccccc2)c(F)c1. The first-order chi connectivity index (χ1) is 8.59. The van der Waals surface area contributed by atoms with Gasteiger partial charge in [0.15, 0.2) is 0 Å². The Morgan fingerprint density at radius 3 is 2.39 bits per heavy atom. The van der Waals surface area contributed by atoms with Crippen LogP contribution in [-0.4, -0.2) is 5.84 Å². The van der Waals surface area contributed by atoms with Crippen LogP contribution < -0.4 is 5.73 Å². The van der Waals surface area contributed by atoms with Crippen molar-refractivity contribution in [3.05, 3.63) is 59.9 Å². The lowest BCUT2D eigenvalue weighted by Crippen LogP contribution is -2.17. The van der Waals surface area contributed by atoms with Crippen molar-refractivity contribution in [2.75, 3.05) is 0 Å². The fraction of sp³-hybridized carbons (Fsp3) is 0.133. The van der Waals surface area contributed by atoms with Crippen LogP contribution in [0.2, 0.25) is 0 Å². The summed E-state index contributed by atoms with van der Waals surface area (Å²) < 4.78 is 14.0. The summed E-state index contributed by atoms with van der Waals surface area (Å²) in [6.07, 6.45) is 0. The highest BCUT2D eigenvalue weighted by atomic mass is 19.1. The van der Waals surface area contributed by atoms with Gasteiger partial charge in [0.2, 0.25) is 0 Å². The quantitative estimate of drug-likeness (QED) is 0.627. The first-order valence-electron chi connectivity index (χ1n) is 5.78. The van der Waals surface area contributed by atoms with E-state index < -0.39 is 0 Å². The number of hydrogen-bond donors (Lipinski definition) is 2. The van der Waals surface area contributed by atoms with Crippen LogP contribution in [0.1, 0.15) is 18.4 Å². The lowest BCUT2D eigenvalue weighted by atomic mass is 9.96. The Balaban J connectivity index is 2.40. The van der Waals surface area contributed by atoms with Gasteiger partial charge in [0.05, 0.1) is 5.84 Å². The number of nitrogens with two attached hydrogens (primary N) is 1. The van der Waals surface area contributed by atoms with Gasteiger partial charge in [-0.3, -0.25) is 5.41 Å². The number of halogens is 1. The zero-order chi connectivity index (χ0) is 13.1. The third kappa shape index (κ3) is 2.40. The molecule has 0 unspecified atom stereocenters. The van der Waals surface area contributed by atoms with Crippen LogP contribution in [0.15, 0.2) is 48.5 Å². The van der Waals surface area contributed by atoms with Crippen molar-refractivity contribution >= 4 is 5.84 Å². The second-order valence-electron chi connectivity index (χ2n) is 4.28. The van der Waals surface area contributed by atoms with Gasteiger partial charge in [0, 0.05) is 11.5 Å². The minimum atomic E-state index is -0.285. The molecule has 0 saturated heterocycles. The second-order valence-corrected chi connectivity index (χ2v) is 4.28. The Morgan fingerprint density at radius 1 is 1.17 bits per heavy atom. The van der Waals surface area contributed by atoms with Crippen LogP contribution in [0.3, 0.4) is 0 Å². The molecule has 2 aromatic carbocycles. The van der Waals surface area contributed by atoms with Crippen LogP contribution in [0.5, 0.6) is 0 Å². The molecule has 0 amide bonds. The molecule has 0 aliphatic rings. The maximum Gasteiger partial charge on any atom is 0.131 e. The molecular formula is C15H15FN2.